The lowest BCUT2D eigenvalue weighted by Gasteiger charge is -2.02. The molecule has 20 heavy (non-hydrogen) atoms. The highest BCUT2D eigenvalue weighted by atomic mass is 32.1. The molecule has 0 aliphatic carbocycles. The highest BCUT2D eigenvalue weighted by Gasteiger charge is 2.04. The van der Waals surface area contributed by atoms with Gasteiger partial charge in [-0.25, -0.2) is 4.99 Å². The van der Waals surface area contributed by atoms with Gasteiger partial charge in [-0.05, 0) is 24.1 Å². The van der Waals surface area contributed by atoms with Gasteiger partial charge in [0.2, 0.25) is 0 Å². The molecule has 1 heterocycles. The van der Waals surface area contributed by atoms with Gasteiger partial charge in [0.1, 0.15) is 0 Å². The lowest BCUT2D eigenvalue weighted by Crippen LogP contribution is -2.10. The zero-order chi connectivity index (χ0) is 13.9. The molecular weight excluding hydrogens is 264 g/mol. The molecule has 0 radical (unpaired) electrons. The molecule has 0 atom stereocenters. The van der Waals surface area contributed by atoms with Gasteiger partial charge >= 0.3 is 0 Å². The van der Waals surface area contributed by atoms with Gasteiger partial charge in [0.05, 0.1) is 11.4 Å². The van der Waals surface area contributed by atoms with Crippen LogP contribution >= 0.6 is 11.3 Å². The van der Waals surface area contributed by atoms with E-state index in [1.807, 2.05) is 18.2 Å². The first-order valence-electron chi connectivity index (χ1n) is 6.56. The molecule has 1 aromatic heterocycles. The summed E-state index contributed by atoms with van der Waals surface area (Å²) >= 11 is 1.67. The fraction of sp³-hybridized carbons (Fsp3) is 0.118. The van der Waals surface area contributed by atoms with Gasteiger partial charge < -0.3 is 4.57 Å². The Hall–Kier alpha value is -2.13. The zero-order valence-electron chi connectivity index (χ0n) is 11.6. The lowest BCUT2D eigenvalue weighted by atomic mass is 10.2. The van der Waals surface area contributed by atoms with Crippen molar-refractivity contribution in [2.24, 2.45) is 12.0 Å². The van der Waals surface area contributed by atoms with E-state index in [0.29, 0.717) is 0 Å². The van der Waals surface area contributed by atoms with E-state index < -0.39 is 0 Å². The van der Waals surface area contributed by atoms with Crippen LogP contribution in [0.5, 0.6) is 0 Å². The number of nitrogens with zero attached hydrogens (tertiary/aromatic N) is 2. The Kier molecular flexibility index (Phi) is 3.52. The average Bonchev–Trinajstić information content (AvgIpc) is 2.84. The fourth-order valence-electron chi connectivity index (χ4n) is 2.13. The molecule has 2 aromatic carbocycles. The normalized spacial score (nSPS) is 11.8. The van der Waals surface area contributed by atoms with E-state index in [4.69, 9.17) is 4.99 Å². The van der Waals surface area contributed by atoms with Crippen LogP contribution in [0.4, 0.5) is 5.69 Å². The number of para-hydroxylation sites is 1. The Bertz CT molecular complexity index is 782. The van der Waals surface area contributed by atoms with Crippen molar-refractivity contribution >= 4 is 17.0 Å². The third-order valence-electron chi connectivity index (χ3n) is 3.33. The second-order valence-electron chi connectivity index (χ2n) is 4.73. The summed E-state index contributed by atoms with van der Waals surface area (Å²) in [7, 11) is 2.07. The number of thiazole rings is 1. The second kappa shape index (κ2) is 5.47. The largest absolute Gasteiger partial charge is 0.320 e. The first-order chi connectivity index (χ1) is 9.75. The molecule has 3 heteroatoms. The van der Waals surface area contributed by atoms with Crippen LogP contribution in [0, 0.1) is 6.92 Å². The molecule has 3 aromatic rings. The number of hydrogen-bond donors (Lipinski definition) is 0. The molecule has 0 amide bonds. The van der Waals surface area contributed by atoms with Crippen LogP contribution in [-0.2, 0) is 7.05 Å². The minimum Gasteiger partial charge on any atom is -0.320 e. The highest BCUT2D eigenvalue weighted by Crippen LogP contribution is 2.20. The predicted octanol–water partition coefficient (Wildman–Crippen LogP) is 4.29. The summed E-state index contributed by atoms with van der Waals surface area (Å²) in [6.07, 6.45) is 0. The molecule has 0 bridgehead atoms. The standard InChI is InChI=1S/C17H16N2S/c1-13-8-6-7-11-15(13)18-17-19(2)16(12-20-17)14-9-4-3-5-10-14/h3-12H,1-2H3. The summed E-state index contributed by atoms with van der Waals surface area (Å²) in [4.78, 5) is 5.78. The molecule has 0 aliphatic heterocycles. The van der Waals surface area contributed by atoms with Gasteiger partial charge in [0, 0.05) is 12.4 Å². The SMILES string of the molecule is Cc1ccccc1N=c1scc(-c2ccccc2)n1C. The van der Waals surface area contributed by atoms with E-state index in [1.165, 1.54) is 16.8 Å². The van der Waals surface area contributed by atoms with E-state index in [-0.39, 0.29) is 0 Å². The maximum Gasteiger partial charge on any atom is 0.190 e. The Balaban J connectivity index is 2.10. The smallest absolute Gasteiger partial charge is 0.190 e. The third-order valence-corrected chi connectivity index (χ3v) is 4.24. The Morgan fingerprint density at radius 1 is 0.950 bits per heavy atom. The van der Waals surface area contributed by atoms with E-state index >= 15 is 0 Å². The molecule has 0 aliphatic rings. The summed E-state index contributed by atoms with van der Waals surface area (Å²) < 4.78 is 2.15. The van der Waals surface area contributed by atoms with Crippen LogP contribution in [-0.4, -0.2) is 4.57 Å². The maximum absolute atomic E-state index is 4.77. The number of hydrogen-bond acceptors (Lipinski definition) is 2. The zero-order valence-corrected chi connectivity index (χ0v) is 12.4. The van der Waals surface area contributed by atoms with Crippen LogP contribution in [0.2, 0.25) is 0 Å². The molecule has 3 rings (SSSR count). The Morgan fingerprint density at radius 3 is 2.40 bits per heavy atom. The van der Waals surface area contributed by atoms with Crippen molar-refractivity contribution in [3.05, 3.63) is 70.3 Å². The van der Waals surface area contributed by atoms with E-state index in [9.17, 15) is 0 Å². The van der Waals surface area contributed by atoms with Crippen LogP contribution in [0.15, 0.2) is 65.0 Å². The van der Waals surface area contributed by atoms with Crippen molar-refractivity contribution in [2.45, 2.75) is 6.92 Å². The predicted molar refractivity (Wildman–Crippen MR) is 85.1 cm³/mol. The summed E-state index contributed by atoms with van der Waals surface area (Å²) in [5, 5.41) is 2.16. The Morgan fingerprint density at radius 2 is 1.65 bits per heavy atom. The van der Waals surface area contributed by atoms with Gasteiger partial charge in [-0.3, -0.25) is 0 Å². The summed E-state index contributed by atoms with van der Waals surface area (Å²) in [6.45, 7) is 2.09. The number of aryl methyl sites for hydroxylation is 1. The maximum atomic E-state index is 4.77. The highest BCUT2D eigenvalue weighted by molar-refractivity contribution is 7.07. The van der Waals surface area contributed by atoms with E-state index in [0.717, 1.165) is 10.5 Å². The molecule has 0 spiro atoms. The monoisotopic (exact) mass is 280 g/mol. The molecule has 0 unspecified atom stereocenters. The molecular formula is C17H16N2S. The van der Waals surface area contributed by atoms with Gasteiger partial charge in [0.25, 0.3) is 0 Å². The fourth-order valence-corrected chi connectivity index (χ4v) is 3.05. The van der Waals surface area contributed by atoms with Crippen molar-refractivity contribution in [3.63, 3.8) is 0 Å². The molecule has 0 N–H and O–H groups in total. The van der Waals surface area contributed by atoms with E-state index in [1.54, 1.807) is 11.3 Å². The van der Waals surface area contributed by atoms with E-state index in [2.05, 4.69) is 60.3 Å². The molecule has 0 saturated heterocycles. The minimum absolute atomic E-state index is 1.01. The Labute approximate surface area is 122 Å². The first kappa shape index (κ1) is 12.9. The molecule has 0 fully saturated rings. The van der Waals surface area contributed by atoms with Crippen LogP contribution in [0.3, 0.4) is 0 Å². The van der Waals surface area contributed by atoms with Gasteiger partial charge in [-0.2, -0.15) is 0 Å². The van der Waals surface area contributed by atoms with Gasteiger partial charge in [0.15, 0.2) is 4.80 Å². The molecule has 100 valence electrons. The topological polar surface area (TPSA) is 17.3 Å². The van der Waals surface area contributed by atoms with Crippen LogP contribution < -0.4 is 4.80 Å². The van der Waals surface area contributed by atoms with Crippen molar-refractivity contribution in [2.75, 3.05) is 0 Å². The molecule has 2 nitrogen and oxygen atoms in total. The third kappa shape index (κ3) is 2.45. The van der Waals surface area contributed by atoms with Crippen molar-refractivity contribution in [1.29, 1.82) is 0 Å². The number of rotatable bonds is 2. The average molecular weight is 280 g/mol. The number of benzene rings is 2. The van der Waals surface area contributed by atoms with Gasteiger partial charge in [-0.1, -0.05) is 48.5 Å². The quantitative estimate of drug-likeness (QED) is 0.666. The summed E-state index contributed by atoms with van der Waals surface area (Å²) in [5.41, 5.74) is 4.65. The van der Waals surface area contributed by atoms with Crippen molar-refractivity contribution in [1.82, 2.24) is 4.57 Å². The summed E-state index contributed by atoms with van der Waals surface area (Å²) in [5.74, 6) is 0. The number of aromatic nitrogens is 1. The van der Waals surface area contributed by atoms with Crippen LogP contribution in [0.1, 0.15) is 5.56 Å². The van der Waals surface area contributed by atoms with Crippen molar-refractivity contribution in [3.8, 4) is 11.3 Å². The van der Waals surface area contributed by atoms with Gasteiger partial charge in [-0.15, -0.1) is 11.3 Å². The lowest BCUT2D eigenvalue weighted by molar-refractivity contribution is 0.882. The first-order valence-corrected chi connectivity index (χ1v) is 7.44. The second-order valence-corrected chi connectivity index (χ2v) is 5.56. The van der Waals surface area contributed by atoms with Crippen molar-refractivity contribution < 1.29 is 0 Å². The van der Waals surface area contributed by atoms with Crippen LogP contribution in [0.25, 0.3) is 11.3 Å². The minimum atomic E-state index is 1.01. The molecule has 0 saturated carbocycles. The summed E-state index contributed by atoms with van der Waals surface area (Å²) in [6, 6.07) is 18.6.